The molecule has 0 unspecified atom stereocenters. The van der Waals surface area contributed by atoms with Gasteiger partial charge >= 0.3 is 6.03 Å². The molecule has 2 saturated carbocycles. The summed E-state index contributed by atoms with van der Waals surface area (Å²) in [4.78, 5) is 11.7. The Morgan fingerprint density at radius 3 is 3.05 bits per heavy atom. The third kappa shape index (κ3) is 2.45. The lowest BCUT2D eigenvalue weighted by atomic mass is 9.84. The molecule has 2 amide bonds. The van der Waals surface area contributed by atoms with Gasteiger partial charge in [-0.3, -0.25) is 5.32 Å². The number of aromatic nitrogens is 1. The first-order chi connectivity index (χ1) is 9.05. The molecule has 2 aliphatic carbocycles. The van der Waals surface area contributed by atoms with E-state index in [9.17, 15) is 9.90 Å². The van der Waals surface area contributed by atoms with Crippen LogP contribution in [0.2, 0.25) is 0 Å². The zero-order valence-electron chi connectivity index (χ0n) is 11.0. The highest BCUT2D eigenvalue weighted by Gasteiger charge is 2.49. The lowest BCUT2D eigenvalue weighted by Crippen LogP contribution is -2.47. The Bertz CT molecular complexity index is 487. The van der Waals surface area contributed by atoms with E-state index in [-0.39, 0.29) is 6.03 Å². The maximum atomic E-state index is 11.7. The van der Waals surface area contributed by atoms with E-state index in [4.69, 9.17) is 4.52 Å². The van der Waals surface area contributed by atoms with Crippen molar-refractivity contribution >= 4 is 11.9 Å². The van der Waals surface area contributed by atoms with Gasteiger partial charge in [-0.2, -0.15) is 0 Å². The zero-order valence-corrected chi connectivity index (χ0v) is 11.0. The lowest BCUT2D eigenvalue weighted by Gasteiger charge is -2.32. The molecule has 1 heterocycles. The average Bonchev–Trinajstić information content (AvgIpc) is 3.03. The second-order valence-electron chi connectivity index (χ2n) is 5.82. The van der Waals surface area contributed by atoms with Crippen molar-refractivity contribution in [1.29, 1.82) is 0 Å². The summed E-state index contributed by atoms with van der Waals surface area (Å²) in [6.45, 7) is 2.08. The van der Waals surface area contributed by atoms with Crippen molar-refractivity contribution in [2.75, 3.05) is 11.9 Å². The van der Waals surface area contributed by atoms with Crippen molar-refractivity contribution in [3.63, 3.8) is 0 Å². The van der Waals surface area contributed by atoms with Crippen molar-refractivity contribution in [2.45, 2.75) is 38.2 Å². The van der Waals surface area contributed by atoms with E-state index in [1.54, 1.807) is 13.0 Å². The molecule has 3 atom stereocenters. The second kappa shape index (κ2) is 4.52. The number of amides is 2. The van der Waals surface area contributed by atoms with Gasteiger partial charge < -0.3 is 14.9 Å². The third-order valence-corrected chi connectivity index (χ3v) is 4.36. The van der Waals surface area contributed by atoms with Gasteiger partial charge in [-0.1, -0.05) is 5.16 Å². The van der Waals surface area contributed by atoms with Crippen LogP contribution < -0.4 is 10.6 Å². The molecule has 2 aliphatic rings. The number of aliphatic hydroxyl groups is 1. The first-order valence-electron chi connectivity index (χ1n) is 6.76. The molecule has 6 heteroatoms. The Morgan fingerprint density at radius 1 is 1.63 bits per heavy atom. The number of nitrogens with zero attached hydrogens (tertiary/aromatic N) is 1. The lowest BCUT2D eigenvalue weighted by molar-refractivity contribution is -0.00916. The molecular formula is C13H19N3O3. The van der Waals surface area contributed by atoms with Crippen LogP contribution >= 0.6 is 0 Å². The predicted octanol–water partition coefficient (Wildman–Crippen LogP) is 1.66. The molecule has 1 aromatic rings. The van der Waals surface area contributed by atoms with Crippen LogP contribution in [0.1, 0.15) is 31.4 Å². The number of hydrogen-bond donors (Lipinski definition) is 3. The van der Waals surface area contributed by atoms with Crippen molar-refractivity contribution < 1.29 is 14.4 Å². The highest BCUT2D eigenvalue weighted by molar-refractivity contribution is 5.87. The number of nitrogens with one attached hydrogen (secondary N) is 2. The second-order valence-corrected chi connectivity index (χ2v) is 5.82. The summed E-state index contributed by atoms with van der Waals surface area (Å²) < 4.78 is 4.90. The van der Waals surface area contributed by atoms with E-state index < -0.39 is 5.60 Å². The summed E-state index contributed by atoms with van der Waals surface area (Å²) in [5, 5.41) is 19.5. The fourth-order valence-electron chi connectivity index (χ4n) is 3.44. The summed E-state index contributed by atoms with van der Waals surface area (Å²) in [5.41, 5.74) is -0.0144. The molecule has 104 valence electrons. The molecule has 19 heavy (non-hydrogen) atoms. The summed E-state index contributed by atoms with van der Waals surface area (Å²) in [5.74, 6) is 1.29. The minimum absolute atomic E-state index is 0.299. The summed E-state index contributed by atoms with van der Waals surface area (Å²) in [6.07, 6.45) is 4.20. The van der Waals surface area contributed by atoms with Crippen LogP contribution in [0.5, 0.6) is 0 Å². The van der Waals surface area contributed by atoms with Crippen molar-refractivity contribution in [2.24, 2.45) is 11.8 Å². The van der Waals surface area contributed by atoms with Crippen LogP contribution in [-0.2, 0) is 0 Å². The van der Waals surface area contributed by atoms with Crippen LogP contribution in [0, 0.1) is 18.8 Å². The number of rotatable bonds is 3. The van der Waals surface area contributed by atoms with Crippen LogP contribution in [0.3, 0.4) is 0 Å². The third-order valence-electron chi connectivity index (χ3n) is 4.36. The number of carbonyl (C=O) groups excluding carboxylic acids is 1. The number of fused-ring (bicyclic) bond motifs is 2. The fraction of sp³-hybridized carbons (Fsp3) is 0.692. The van der Waals surface area contributed by atoms with Gasteiger partial charge in [-0.25, -0.2) is 4.79 Å². The highest BCUT2D eigenvalue weighted by atomic mass is 16.5. The van der Waals surface area contributed by atoms with Gasteiger partial charge in [0.05, 0.1) is 11.3 Å². The van der Waals surface area contributed by atoms with Crippen LogP contribution in [0.25, 0.3) is 0 Å². The number of urea groups is 1. The quantitative estimate of drug-likeness (QED) is 0.775. The average molecular weight is 265 g/mol. The van der Waals surface area contributed by atoms with E-state index in [2.05, 4.69) is 15.8 Å². The Hall–Kier alpha value is -1.56. The van der Waals surface area contributed by atoms with E-state index in [0.29, 0.717) is 30.0 Å². The molecule has 3 rings (SSSR count). The van der Waals surface area contributed by atoms with Gasteiger partial charge in [0.25, 0.3) is 0 Å². The first kappa shape index (κ1) is 12.5. The molecular weight excluding hydrogens is 246 g/mol. The summed E-state index contributed by atoms with van der Waals surface area (Å²) >= 11 is 0. The monoisotopic (exact) mass is 265 g/mol. The van der Waals surface area contributed by atoms with Crippen molar-refractivity contribution in [1.82, 2.24) is 10.5 Å². The molecule has 0 radical (unpaired) electrons. The largest absolute Gasteiger partial charge is 0.388 e. The van der Waals surface area contributed by atoms with Gasteiger partial charge in [0.1, 0.15) is 0 Å². The molecule has 3 N–H and O–H groups in total. The van der Waals surface area contributed by atoms with Crippen molar-refractivity contribution in [3.8, 4) is 0 Å². The van der Waals surface area contributed by atoms with E-state index in [0.717, 1.165) is 19.3 Å². The van der Waals surface area contributed by atoms with Gasteiger partial charge in [0.15, 0.2) is 0 Å². The topological polar surface area (TPSA) is 87.4 Å². The highest BCUT2D eigenvalue weighted by Crippen LogP contribution is 2.50. The Morgan fingerprint density at radius 2 is 2.47 bits per heavy atom. The van der Waals surface area contributed by atoms with E-state index >= 15 is 0 Å². The Balaban J connectivity index is 1.51. The molecule has 2 fully saturated rings. The molecule has 0 spiro atoms. The van der Waals surface area contributed by atoms with Crippen LogP contribution in [0.15, 0.2) is 10.6 Å². The van der Waals surface area contributed by atoms with Crippen LogP contribution in [0.4, 0.5) is 10.7 Å². The van der Waals surface area contributed by atoms with Gasteiger partial charge in [0, 0.05) is 12.6 Å². The maximum Gasteiger partial charge on any atom is 0.321 e. The van der Waals surface area contributed by atoms with Crippen LogP contribution in [-0.4, -0.2) is 28.4 Å². The SMILES string of the molecule is Cc1cc(NC(=O)NC[C@@]2(O)C[C@H]3CC[C@@H]2C3)on1. The summed E-state index contributed by atoms with van der Waals surface area (Å²) in [6, 6.07) is 1.28. The van der Waals surface area contributed by atoms with E-state index in [1.165, 1.54) is 6.42 Å². The normalized spacial score (nSPS) is 32.5. The van der Waals surface area contributed by atoms with E-state index in [1.807, 2.05) is 0 Å². The molecule has 0 saturated heterocycles. The number of anilines is 1. The first-order valence-corrected chi connectivity index (χ1v) is 6.76. The molecule has 6 nitrogen and oxygen atoms in total. The minimum Gasteiger partial charge on any atom is -0.388 e. The van der Waals surface area contributed by atoms with Gasteiger partial charge in [-0.05, 0) is 44.4 Å². The zero-order chi connectivity index (χ0) is 13.5. The number of hydrogen-bond acceptors (Lipinski definition) is 4. The van der Waals surface area contributed by atoms with Gasteiger partial charge in [0.2, 0.25) is 5.88 Å². The molecule has 1 aromatic heterocycles. The predicted molar refractivity (Wildman–Crippen MR) is 68.7 cm³/mol. The fourth-order valence-corrected chi connectivity index (χ4v) is 3.44. The smallest absolute Gasteiger partial charge is 0.321 e. The minimum atomic E-state index is -0.725. The van der Waals surface area contributed by atoms with Gasteiger partial charge in [-0.15, -0.1) is 0 Å². The summed E-state index contributed by atoms with van der Waals surface area (Å²) in [7, 11) is 0. The Labute approximate surface area is 111 Å². The number of carbonyl (C=O) groups is 1. The number of aryl methyl sites for hydroxylation is 1. The standard InChI is InChI=1S/C13H19N3O3/c1-8-4-11(19-16-8)15-12(17)14-7-13(18)6-9-2-3-10(13)5-9/h4,9-10,18H,2-3,5-7H2,1H3,(H2,14,15,17)/t9-,10+,13-/m0/s1. The molecule has 0 aromatic carbocycles. The molecule has 2 bridgehead atoms. The Kier molecular flexibility index (Phi) is 2.97. The van der Waals surface area contributed by atoms with Crippen molar-refractivity contribution in [3.05, 3.63) is 11.8 Å². The maximum absolute atomic E-state index is 11.7. The molecule has 0 aliphatic heterocycles.